The SMILES string of the molecule is O=C(O)/C=C/c1ccc([N+](=O)[O-])cc1C(F)(F)F. The monoisotopic (exact) mass is 261 g/mol. The van der Waals surface area contributed by atoms with Crippen molar-refractivity contribution in [3.05, 3.63) is 45.5 Å². The molecule has 0 bridgehead atoms. The van der Waals surface area contributed by atoms with Crippen LogP contribution < -0.4 is 0 Å². The van der Waals surface area contributed by atoms with E-state index in [-0.39, 0.29) is 0 Å². The molecule has 0 heterocycles. The molecule has 0 radical (unpaired) electrons. The molecule has 18 heavy (non-hydrogen) atoms. The van der Waals surface area contributed by atoms with Gasteiger partial charge in [-0.2, -0.15) is 13.2 Å². The van der Waals surface area contributed by atoms with E-state index in [1.165, 1.54) is 0 Å². The van der Waals surface area contributed by atoms with Crippen LogP contribution in [0.1, 0.15) is 11.1 Å². The molecule has 0 aromatic heterocycles. The molecule has 8 heteroatoms. The summed E-state index contributed by atoms with van der Waals surface area (Å²) in [6.45, 7) is 0. The van der Waals surface area contributed by atoms with Crippen molar-refractivity contribution < 1.29 is 28.0 Å². The lowest BCUT2D eigenvalue weighted by Crippen LogP contribution is -2.08. The van der Waals surface area contributed by atoms with Crippen molar-refractivity contribution in [2.24, 2.45) is 0 Å². The molecule has 0 saturated heterocycles. The number of hydrogen-bond donors (Lipinski definition) is 1. The van der Waals surface area contributed by atoms with Gasteiger partial charge in [0.1, 0.15) is 0 Å². The fourth-order valence-corrected chi connectivity index (χ4v) is 1.21. The standard InChI is InChI=1S/C10H6F3NO4/c11-10(12,13)8-5-7(14(17)18)3-1-6(8)2-4-9(15)16/h1-5H,(H,15,16)/b4-2+. The number of rotatable bonds is 3. The molecule has 1 rings (SSSR count). The minimum atomic E-state index is -4.80. The van der Waals surface area contributed by atoms with Gasteiger partial charge >= 0.3 is 12.1 Å². The first-order valence-electron chi connectivity index (χ1n) is 4.48. The molecule has 0 aliphatic heterocycles. The molecule has 1 aromatic carbocycles. The summed E-state index contributed by atoms with van der Waals surface area (Å²) in [7, 11) is 0. The minimum absolute atomic E-state index is 0.363. The number of carbonyl (C=O) groups is 1. The zero-order valence-corrected chi connectivity index (χ0v) is 8.64. The highest BCUT2D eigenvalue weighted by molar-refractivity contribution is 5.85. The van der Waals surface area contributed by atoms with Crippen LogP contribution in [-0.4, -0.2) is 16.0 Å². The topological polar surface area (TPSA) is 80.4 Å². The van der Waals surface area contributed by atoms with Crippen molar-refractivity contribution in [3.63, 3.8) is 0 Å². The number of non-ortho nitro benzene ring substituents is 1. The molecule has 0 aliphatic carbocycles. The van der Waals surface area contributed by atoms with Crippen molar-refractivity contribution in [2.45, 2.75) is 6.18 Å². The number of nitro benzene ring substituents is 1. The summed E-state index contributed by atoms with van der Waals surface area (Å²) in [5.74, 6) is -1.42. The largest absolute Gasteiger partial charge is 0.478 e. The van der Waals surface area contributed by atoms with Gasteiger partial charge < -0.3 is 5.11 Å². The number of nitrogens with zero attached hydrogens (tertiary/aromatic N) is 1. The highest BCUT2D eigenvalue weighted by Crippen LogP contribution is 2.34. The van der Waals surface area contributed by atoms with Gasteiger partial charge in [0.2, 0.25) is 0 Å². The molecule has 0 aliphatic rings. The zero-order chi connectivity index (χ0) is 13.9. The Labute approximate surface area is 98.3 Å². The Kier molecular flexibility index (Phi) is 3.70. The molecule has 0 saturated carbocycles. The van der Waals surface area contributed by atoms with Crippen molar-refractivity contribution in [3.8, 4) is 0 Å². The van der Waals surface area contributed by atoms with Crippen molar-refractivity contribution in [1.29, 1.82) is 0 Å². The fraction of sp³-hybridized carbons (Fsp3) is 0.100. The molecular formula is C10H6F3NO4. The second-order valence-corrected chi connectivity index (χ2v) is 3.20. The Morgan fingerprint density at radius 3 is 2.44 bits per heavy atom. The van der Waals surface area contributed by atoms with Gasteiger partial charge in [-0.25, -0.2) is 4.79 Å². The third-order valence-corrected chi connectivity index (χ3v) is 1.96. The second-order valence-electron chi connectivity index (χ2n) is 3.20. The van der Waals surface area contributed by atoms with E-state index in [9.17, 15) is 28.1 Å². The van der Waals surface area contributed by atoms with Crippen molar-refractivity contribution in [2.75, 3.05) is 0 Å². The van der Waals surface area contributed by atoms with Crippen LogP contribution in [0.2, 0.25) is 0 Å². The Morgan fingerprint density at radius 1 is 1.39 bits per heavy atom. The Hall–Kier alpha value is -2.38. The van der Waals surface area contributed by atoms with Crippen LogP contribution in [0.4, 0.5) is 18.9 Å². The summed E-state index contributed by atoms with van der Waals surface area (Å²) < 4.78 is 37.8. The summed E-state index contributed by atoms with van der Waals surface area (Å²) in [5.41, 5.74) is -2.42. The number of halogens is 3. The maximum absolute atomic E-state index is 12.6. The lowest BCUT2D eigenvalue weighted by molar-refractivity contribution is -0.385. The van der Waals surface area contributed by atoms with Crippen molar-refractivity contribution >= 4 is 17.7 Å². The summed E-state index contributed by atoms with van der Waals surface area (Å²) in [6, 6.07) is 2.08. The van der Waals surface area contributed by atoms with E-state index in [1.54, 1.807) is 0 Å². The third-order valence-electron chi connectivity index (χ3n) is 1.96. The predicted molar refractivity (Wildman–Crippen MR) is 54.8 cm³/mol. The van der Waals surface area contributed by atoms with Crippen LogP contribution in [0.15, 0.2) is 24.3 Å². The van der Waals surface area contributed by atoms with Gasteiger partial charge in [0.15, 0.2) is 0 Å². The maximum atomic E-state index is 12.6. The lowest BCUT2D eigenvalue weighted by atomic mass is 10.1. The minimum Gasteiger partial charge on any atom is -0.478 e. The van der Waals surface area contributed by atoms with Crippen LogP contribution in [0, 0.1) is 10.1 Å². The summed E-state index contributed by atoms with van der Waals surface area (Å²) in [4.78, 5) is 19.7. The third kappa shape index (κ3) is 3.30. The van der Waals surface area contributed by atoms with Gasteiger partial charge in [-0.3, -0.25) is 10.1 Å². The number of nitro groups is 1. The highest BCUT2D eigenvalue weighted by Gasteiger charge is 2.34. The van der Waals surface area contributed by atoms with E-state index < -0.39 is 33.9 Å². The molecule has 0 fully saturated rings. The molecule has 0 atom stereocenters. The fourth-order valence-electron chi connectivity index (χ4n) is 1.21. The number of alkyl halides is 3. The molecule has 5 nitrogen and oxygen atoms in total. The van der Waals surface area contributed by atoms with E-state index in [4.69, 9.17) is 5.11 Å². The van der Waals surface area contributed by atoms with E-state index in [2.05, 4.69) is 0 Å². The smallest absolute Gasteiger partial charge is 0.417 e. The first-order valence-corrected chi connectivity index (χ1v) is 4.48. The summed E-state index contributed by atoms with van der Waals surface area (Å²) >= 11 is 0. The van der Waals surface area contributed by atoms with Gasteiger partial charge in [-0.15, -0.1) is 0 Å². The Morgan fingerprint density at radius 2 is 2.00 bits per heavy atom. The number of hydrogen-bond acceptors (Lipinski definition) is 3. The van der Waals surface area contributed by atoms with Crippen molar-refractivity contribution in [1.82, 2.24) is 0 Å². The molecule has 0 spiro atoms. The Balaban J connectivity index is 3.34. The molecule has 1 aromatic rings. The predicted octanol–water partition coefficient (Wildman–Crippen LogP) is 2.71. The van der Waals surface area contributed by atoms with Crippen LogP contribution in [0.5, 0.6) is 0 Å². The van der Waals surface area contributed by atoms with Gasteiger partial charge in [0.05, 0.1) is 10.5 Å². The van der Waals surface area contributed by atoms with E-state index in [0.717, 1.165) is 18.2 Å². The normalized spacial score (nSPS) is 11.7. The van der Waals surface area contributed by atoms with Gasteiger partial charge in [0, 0.05) is 18.2 Å². The average Bonchev–Trinajstić information content (AvgIpc) is 2.24. The summed E-state index contributed by atoms with van der Waals surface area (Å²) in [6.07, 6.45) is -3.55. The number of carboxylic acids is 1. The quantitative estimate of drug-likeness (QED) is 0.515. The van der Waals surface area contributed by atoms with E-state index >= 15 is 0 Å². The van der Waals surface area contributed by atoms with Crippen LogP contribution >= 0.6 is 0 Å². The average molecular weight is 261 g/mol. The molecule has 96 valence electrons. The molecule has 0 unspecified atom stereocenters. The van der Waals surface area contributed by atoms with Gasteiger partial charge in [0.25, 0.3) is 5.69 Å². The van der Waals surface area contributed by atoms with Crippen LogP contribution in [0.25, 0.3) is 6.08 Å². The summed E-state index contributed by atoms with van der Waals surface area (Å²) in [5, 5.41) is 18.7. The number of carboxylic acid groups (broad SMARTS) is 1. The first kappa shape index (κ1) is 13.7. The Bertz CT molecular complexity index is 522. The van der Waals surface area contributed by atoms with Crippen LogP contribution in [0.3, 0.4) is 0 Å². The second kappa shape index (κ2) is 4.86. The van der Waals surface area contributed by atoms with Gasteiger partial charge in [-0.1, -0.05) is 0 Å². The lowest BCUT2D eigenvalue weighted by Gasteiger charge is -2.09. The van der Waals surface area contributed by atoms with E-state index in [0.29, 0.717) is 12.1 Å². The highest BCUT2D eigenvalue weighted by atomic mass is 19.4. The molecule has 0 amide bonds. The number of aliphatic carboxylic acids is 1. The number of benzene rings is 1. The first-order chi connectivity index (χ1) is 8.21. The van der Waals surface area contributed by atoms with E-state index in [1.807, 2.05) is 0 Å². The zero-order valence-electron chi connectivity index (χ0n) is 8.64. The molecular weight excluding hydrogens is 255 g/mol. The van der Waals surface area contributed by atoms with Gasteiger partial charge in [-0.05, 0) is 17.7 Å². The maximum Gasteiger partial charge on any atom is 0.417 e. The molecule has 1 N–H and O–H groups in total. The van der Waals surface area contributed by atoms with Crippen LogP contribution in [-0.2, 0) is 11.0 Å².